The number of aliphatic hydroxyl groups is 2. The molecule has 0 saturated heterocycles. The van der Waals surface area contributed by atoms with Gasteiger partial charge in [-0.3, -0.25) is 9.35 Å². The van der Waals surface area contributed by atoms with E-state index in [0.29, 0.717) is 5.56 Å². The van der Waals surface area contributed by atoms with E-state index < -0.39 is 33.5 Å². The molecule has 2 aromatic rings. The molecule has 7 heteroatoms. The van der Waals surface area contributed by atoms with Crippen molar-refractivity contribution in [2.75, 3.05) is 0 Å². The van der Waals surface area contributed by atoms with Gasteiger partial charge in [0.25, 0.3) is 10.1 Å². The summed E-state index contributed by atoms with van der Waals surface area (Å²) in [5.41, 5.74) is -0.192. The maximum Gasteiger partial charge on any atom is 0.295 e. The van der Waals surface area contributed by atoms with Gasteiger partial charge in [0.05, 0.1) is 6.61 Å². The van der Waals surface area contributed by atoms with Crippen molar-refractivity contribution >= 4 is 15.9 Å². The van der Waals surface area contributed by atoms with Gasteiger partial charge in [0.1, 0.15) is 11.0 Å². The van der Waals surface area contributed by atoms with Crippen LogP contribution >= 0.6 is 0 Å². The van der Waals surface area contributed by atoms with Crippen LogP contribution in [0, 0.1) is 0 Å². The molecule has 1 atom stereocenters. The second-order valence-corrected chi connectivity index (χ2v) is 5.96. The van der Waals surface area contributed by atoms with Gasteiger partial charge in [-0.1, -0.05) is 42.5 Å². The molecule has 0 spiro atoms. The fourth-order valence-corrected chi connectivity index (χ4v) is 3.05. The summed E-state index contributed by atoms with van der Waals surface area (Å²) in [4.78, 5) is 11.7. The molecule has 3 N–H and O–H groups in total. The zero-order valence-electron chi connectivity index (χ0n) is 11.4. The molecule has 22 heavy (non-hydrogen) atoms. The molecule has 0 amide bonds. The van der Waals surface area contributed by atoms with E-state index in [1.54, 1.807) is 18.2 Å². The highest BCUT2D eigenvalue weighted by atomic mass is 32.2. The van der Waals surface area contributed by atoms with Crippen molar-refractivity contribution in [3.63, 3.8) is 0 Å². The second-order valence-electron chi connectivity index (χ2n) is 4.60. The molecule has 0 aromatic heterocycles. The molecule has 0 heterocycles. The van der Waals surface area contributed by atoms with E-state index in [9.17, 15) is 28.0 Å². The fourth-order valence-electron chi connectivity index (χ4n) is 2.14. The quantitative estimate of drug-likeness (QED) is 0.566. The lowest BCUT2D eigenvalue weighted by Gasteiger charge is -2.14. The van der Waals surface area contributed by atoms with Crippen LogP contribution in [0.15, 0.2) is 53.4 Å². The number of carbonyl (C=O) groups excluding carboxylic acids is 1. The molecule has 0 radical (unpaired) electrons. The van der Waals surface area contributed by atoms with Gasteiger partial charge in [0.2, 0.25) is 0 Å². The SMILES string of the molecule is O=C(c1cccc(CO)c1S(=O)(=O)O)C(O)c1ccccc1. The van der Waals surface area contributed by atoms with E-state index in [4.69, 9.17) is 0 Å². The zero-order chi connectivity index (χ0) is 16.3. The average molecular weight is 322 g/mol. The van der Waals surface area contributed by atoms with Crippen LogP contribution in [-0.4, -0.2) is 29.0 Å². The van der Waals surface area contributed by atoms with Crippen LogP contribution in [0.3, 0.4) is 0 Å². The van der Waals surface area contributed by atoms with Gasteiger partial charge < -0.3 is 10.2 Å². The van der Waals surface area contributed by atoms with Crippen molar-refractivity contribution in [3.8, 4) is 0 Å². The molecule has 0 aliphatic heterocycles. The summed E-state index contributed by atoms with van der Waals surface area (Å²) >= 11 is 0. The third-order valence-corrected chi connectivity index (χ3v) is 4.15. The van der Waals surface area contributed by atoms with E-state index in [2.05, 4.69) is 0 Å². The number of aliphatic hydroxyl groups excluding tert-OH is 2. The number of Topliss-reactive ketones (excluding diaryl/α,β-unsaturated/α-hetero) is 1. The van der Waals surface area contributed by atoms with Gasteiger partial charge in [-0.25, -0.2) is 0 Å². The topological polar surface area (TPSA) is 112 Å². The number of benzene rings is 2. The summed E-state index contributed by atoms with van der Waals surface area (Å²) in [6.45, 7) is -0.669. The number of hydrogen-bond acceptors (Lipinski definition) is 5. The molecule has 1 unspecified atom stereocenters. The van der Waals surface area contributed by atoms with Gasteiger partial charge in [-0.2, -0.15) is 8.42 Å². The summed E-state index contributed by atoms with van der Waals surface area (Å²) in [5.74, 6) is -0.880. The van der Waals surface area contributed by atoms with Crippen molar-refractivity contribution in [2.45, 2.75) is 17.6 Å². The van der Waals surface area contributed by atoms with E-state index >= 15 is 0 Å². The third-order valence-electron chi connectivity index (χ3n) is 3.15. The highest BCUT2D eigenvalue weighted by Gasteiger charge is 2.28. The number of ketones is 1. The van der Waals surface area contributed by atoms with Crippen molar-refractivity contribution in [1.29, 1.82) is 0 Å². The normalized spacial score (nSPS) is 12.9. The smallest absolute Gasteiger partial charge is 0.295 e. The highest BCUT2D eigenvalue weighted by molar-refractivity contribution is 7.86. The highest BCUT2D eigenvalue weighted by Crippen LogP contribution is 2.26. The van der Waals surface area contributed by atoms with Gasteiger partial charge >= 0.3 is 0 Å². The van der Waals surface area contributed by atoms with Crippen molar-refractivity contribution in [3.05, 3.63) is 65.2 Å². The predicted octanol–water partition coefficient (Wildman–Crippen LogP) is 1.34. The third kappa shape index (κ3) is 3.23. The molecule has 0 aliphatic rings. The van der Waals surface area contributed by atoms with Crippen LogP contribution in [0.5, 0.6) is 0 Å². The lowest BCUT2D eigenvalue weighted by Crippen LogP contribution is -2.17. The Morgan fingerprint density at radius 1 is 1.05 bits per heavy atom. The fraction of sp³-hybridized carbons (Fsp3) is 0.133. The lowest BCUT2D eigenvalue weighted by atomic mass is 9.98. The van der Waals surface area contributed by atoms with Crippen LogP contribution in [0.4, 0.5) is 0 Å². The van der Waals surface area contributed by atoms with Crippen molar-refractivity contribution in [1.82, 2.24) is 0 Å². The summed E-state index contributed by atoms with van der Waals surface area (Å²) in [6.07, 6.45) is -1.57. The van der Waals surface area contributed by atoms with Crippen LogP contribution in [0.2, 0.25) is 0 Å². The van der Waals surface area contributed by atoms with Crippen molar-refractivity contribution in [2.24, 2.45) is 0 Å². The van der Waals surface area contributed by atoms with E-state index in [1.165, 1.54) is 30.3 Å². The Morgan fingerprint density at radius 3 is 2.23 bits per heavy atom. The zero-order valence-corrected chi connectivity index (χ0v) is 12.2. The summed E-state index contributed by atoms with van der Waals surface area (Å²) in [7, 11) is -4.73. The van der Waals surface area contributed by atoms with E-state index in [0.717, 1.165) is 0 Å². The van der Waals surface area contributed by atoms with Gasteiger partial charge in [-0.05, 0) is 17.2 Å². The molecule has 0 fully saturated rings. The minimum Gasteiger partial charge on any atom is -0.392 e. The molecule has 0 bridgehead atoms. The Bertz CT molecular complexity index is 783. The van der Waals surface area contributed by atoms with Gasteiger partial charge in [-0.15, -0.1) is 0 Å². The Hall–Kier alpha value is -2.06. The van der Waals surface area contributed by atoms with Crippen LogP contribution < -0.4 is 0 Å². The number of rotatable bonds is 5. The lowest BCUT2D eigenvalue weighted by molar-refractivity contribution is 0.0743. The number of hydrogen-bond donors (Lipinski definition) is 3. The number of carbonyl (C=O) groups is 1. The first-order valence-electron chi connectivity index (χ1n) is 6.33. The van der Waals surface area contributed by atoms with Gasteiger partial charge in [0, 0.05) is 5.56 Å². The van der Waals surface area contributed by atoms with Crippen LogP contribution in [0.1, 0.15) is 27.6 Å². The van der Waals surface area contributed by atoms with E-state index in [1.807, 2.05) is 0 Å². The monoisotopic (exact) mass is 322 g/mol. The standard InChI is InChI=1S/C15H14O6S/c16-9-11-7-4-8-12(15(11)22(19,20)21)14(18)13(17)10-5-2-1-3-6-10/h1-8,13,16-17H,9H2,(H,19,20,21). The minimum absolute atomic E-state index is 0.117. The maximum absolute atomic E-state index is 12.4. The summed E-state index contributed by atoms with van der Waals surface area (Å²) < 4.78 is 32.3. The average Bonchev–Trinajstić information content (AvgIpc) is 2.52. The largest absolute Gasteiger partial charge is 0.392 e. The first-order valence-corrected chi connectivity index (χ1v) is 7.77. The molecule has 2 rings (SSSR count). The Labute approximate surface area is 127 Å². The van der Waals surface area contributed by atoms with E-state index in [-0.39, 0.29) is 11.1 Å². The Kier molecular flexibility index (Phi) is 4.72. The summed E-state index contributed by atoms with van der Waals surface area (Å²) in [5, 5.41) is 19.3. The minimum atomic E-state index is -4.73. The molecule has 0 saturated carbocycles. The second kappa shape index (κ2) is 6.37. The van der Waals surface area contributed by atoms with Crippen LogP contribution in [0.25, 0.3) is 0 Å². The molecular formula is C15H14O6S. The molecule has 6 nitrogen and oxygen atoms in total. The van der Waals surface area contributed by atoms with Crippen LogP contribution in [-0.2, 0) is 16.7 Å². The van der Waals surface area contributed by atoms with Crippen molar-refractivity contribution < 1.29 is 28.0 Å². The molecule has 0 aliphatic carbocycles. The Morgan fingerprint density at radius 2 is 1.68 bits per heavy atom. The first-order chi connectivity index (χ1) is 10.4. The molecule has 2 aromatic carbocycles. The maximum atomic E-state index is 12.4. The van der Waals surface area contributed by atoms with Gasteiger partial charge in [0.15, 0.2) is 5.78 Å². The first kappa shape index (κ1) is 16.3. The Balaban J connectivity index is 2.56. The summed E-state index contributed by atoms with van der Waals surface area (Å²) in [6, 6.07) is 11.8. The molecule has 116 valence electrons. The predicted molar refractivity (Wildman–Crippen MR) is 77.9 cm³/mol. The molecular weight excluding hydrogens is 308 g/mol.